The molecule has 1 N–H and O–H groups in total. The molecule has 1 nitrogen and oxygen atoms in total. The molecule has 1 atom stereocenters. The lowest BCUT2D eigenvalue weighted by atomic mass is 9.79. The van der Waals surface area contributed by atoms with Gasteiger partial charge in [0.15, 0.2) is 0 Å². The van der Waals surface area contributed by atoms with Gasteiger partial charge in [-0.15, -0.1) is 0 Å². The maximum absolute atomic E-state index is 6.60. The lowest BCUT2D eigenvalue weighted by Gasteiger charge is -2.27. The lowest BCUT2D eigenvalue weighted by molar-refractivity contribution is 0.348. The molecule has 1 aliphatic heterocycles. The van der Waals surface area contributed by atoms with Gasteiger partial charge in [0.2, 0.25) is 0 Å². The van der Waals surface area contributed by atoms with Crippen LogP contribution in [0.4, 0.5) is 0 Å². The van der Waals surface area contributed by atoms with Crippen molar-refractivity contribution in [2.75, 3.05) is 13.1 Å². The van der Waals surface area contributed by atoms with Gasteiger partial charge in [-0.2, -0.15) is 0 Å². The average molecular weight is 306 g/mol. The quantitative estimate of drug-likeness (QED) is 0.811. The highest BCUT2D eigenvalue weighted by Gasteiger charge is 2.22. The SMILES string of the molecule is CC1CCC(c2ccc(CC3CCCNC3)cc2Cl)CC1. The third-order valence-electron chi connectivity index (χ3n) is 5.44. The van der Waals surface area contributed by atoms with Gasteiger partial charge in [-0.05, 0) is 80.1 Å². The Balaban J connectivity index is 1.64. The Morgan fingerprint density at radius 2 is 1.95 bits per heavy atom. The van der Waals surface area contributed by atoms with Gasteiger partial charge >= 0.3 is 0 Å². The van der Waals surface area contributed by atoms with Gasteiger partial charge < -0.3 is 5.32 Å². The van der Waals surface area contributed by atoms with Gasteiger partial charge in [0, 0.05) is 5.02 Å². The summed E-state index contributed by atoms with van der Waals surface area (Å²) in [6.45, 7) is 4.73. The van der Waals surface area contributed by atoms with Crippen molar-refractivity contribution in [2.45, 2.75) is 57.8 Å². The number of hydrogen-bond donors (Lipinski definition) is 1. The van der Waals surface area contributed by atoms with Crippen LogP contribution in [-0.2, 0) is 6.42 Å². The Labute approximate surface area is 134 Å². The Morgan fingerprint density at radius 1 is 1.14 bits per heavy atom. The summed E-state index contributed by atoms with van der Waals surface area (Å²) >= 11 is 6.60. The second kappa shape index (κ2) is 7.15. The third kappa shape index (κ3) is 4.02. The monoisotopic (exact) mass is 305 g/mol. The van der Waals surface area contributed by atoms with E-state index in [0.29, 0.717) is 5.92 Å². The number of hydrogen-bond acceptors (Lipinski definition) is 1. The summed E-state index contributed by atoms with van der Waals surface area (Å²) in [5.41, 5.74) is 2.82. The molecule has 2 heteroatoms. The van der Waals surface area contributed by atoms with Crippen molar-refractivity contribution in [3.8, 4) is 0 Å². The highest BCUT2D eigenvalue weighted by molar-refractivity contribution is 6.31. The molecule has 21 heavy (non-hydrogen) atoms. The topological polar surface area (TPSA) is 12.0 Å². The molecule has 0 bridgehead atoms. The van der Waals surface area contributed by atoms with Crippen LogP contribution in [0.1, 0.15) is 62.5 Å². The van der Waals surface area contributed by atoms with E-state index in [1.165, 1.54) is 69.2 Å². The van der Waals surface area contributed by atoms with E-state index in [1.807, 2.05) is 0 Å². The number of piperidine rings is 1. The van der Waals surface area contributed by atoms with Gasteiger partial charge in [-0.3, -0.25) is 0 Å². The van der Waals surface area contributed by atoms with Gasteiger partial charge in [0.1, 0.15) is 0 Å². The molecule has 1 saturated carbocycles. The molecule has 1 heterocycles. The zero-order chi connectivity index (χ0) is 14.7. The molecule has 0 spiro atoms. The van der Waals surface area contributed by atoms with Crippen molar-refractivity contribution in [1.29, 1.82) is 0 Å². The van der Waals surface area contributed by atoms with E-state index < -0.39 is 0 Å². The minimum Gasteiger partial charge on any atom is -0.316 e. The second-order valence-electron chi connectivity index (χ2n) is 7.23. The molecule has 1 aliphatic carbocycles. The van der Waals surface area contributed by atoms with E-state index in [1.54, 1.807) is 0 Å². The van der Waals surface area contributed by atoms with E-state index in [4.69, 9.17) is 11.6 Å². The Morgan fingerprint density at radius 3 is 2.62 bits per heavy atom. The molecule has 0 radical (unpaired) electrons. The first-order valence-corrected chi connectivity index (χ1v) is 9.09. The number of rotatable bonds is 3. The summed E-state index contributed by atoms with van der Waals surface area (Å²) < 4.78 is 0. The average Bonchev–Trinajstić information content (AvgIpc) is 2.50. The smallest absolute Gasteiger partial charge is 0.0443 e. The van der Waals surface area contributed by atoms with Gasteiger partial charge in [-0.1, -0.05) is 43.5 Å². The van der Waals surface area contributed by atoms with Crippen LogP contribution in [0.5, 0.6) is 0 Å². The van der Waals surface area contributed by atoms with Gasteiger partial charge in [0.25, 0.3) is 0 Å². The molecule has 2 fully saturated rings. The van der Waals surface area contributed by atoms with Crippen LogP contribution in [0.25, 0.3) is 0 Å². The molecule has 0 amide bonds. The van der Waals surface area contributed by atoms with Crippen molar-refractivity contribution >= 4 is 11.6 Å². The predicted octanol–water partition coefficient (Wildman–Crippen LogP) is 5.18. The van der Waals surface area contributed by atoms with Crippen molar-refractivity contribution in [2.24, 2.45) is 11.8 Å². The van der Waals surface area contributed by atoms with Crippen LogP contribution < -0.4 is 5.32 Å². The predicted molar refractivity (Wildman–Crippen MR) is 91.1 cm³/mol. The Kier molecular flexibility index (Phi) is 5.24. The van der Waals surface area contributed by atoms with Crippen molar-refractivity contribution in [1.82, 2.24) is 5.32 Å². The van der Waals surface area contributed by atoms with Crippen LogP contribution in [0.15, 0.2) is 18.2 Å². The molecule has 116 valence electrons. The molecule has 0 aromatic heterocycles. The fourth-order valence-corrected chi connectivity index (χ4v) is 4.39. The highest BCUT2D eigenvalue weighted by Crippen LogP contribution is 2.38. The summed E-state index contributed by atoms with van der Waals surface area (Å²) in [5, 5.41) is 4.51. The summed E-state index contributed by atoms with van der Waals surface area (Å²) in [7, 11) is 0. The molecule has 1 saturated heterocycles. The summed E-state index contributed by atoms with van der Waals surface area (Å²) in [5.74, 6) is 2.38. The molecule has 3 rings (SSSR count). The Hall–Kier alpha value is -0.530. The van der Waals surface area contributed by atoms with Crippen LogP contribution >= 0.6 is 11.6 Å². The van der Waals surface area contributed by atoms with Crippen LogP contribution in [-0.4, -0.2) is 13.1 Å². The first kappa shape index (κ1) is 15.4. The zero-order valence-corrected chi connectivity index (χ0v) is 14.0. The fourth-order valence-electron chi connectivity index (χ4n) is 4.03. The van der Waals surface area contributed by atoms with E-state index in [-0.39, 0.29) is 0 Å². The minimum atomic E-state index is 0.694. The molecule has 1 aromatic rings. The Bertz CT molecular complexity index is 457. The summed E-state index contributed by atoms with van der Waals surface area (Å²) in [6.07, 6.45) is 9.19. The standard InChI is InChI=1S/C19H28ClN/c1-14-4-7-17(8-5-14)18-9-6-15(12-19(18)20)11-16-3-2-10-21-13-16/h6,9,12,14,16-17,21H,2-5,7-8,10-11,13H2,1H3. The van der Waals surface area contributed by atoms with E-state index in [0.717, 1.165) is 16.9 Å². The second-order valence-corrected chi connectivity index (χ2v) is 7.64. The normalized spacial score (nSPS) is 30.3. The van der Waals surface area contributed by atoms with E-state index >= 15 is 0 Å². The first-order valence-electron chi connectivity index (χ1n) is 8.71. The van der Waals surface area contributed by atoms with E-state index in [9.17, 15) is 0 Å². The van der Waals surface area contributed by atoms with Crippen molar-refractivity contribution in [3.05, 3.63) is 34.3 Å². The maximum Gasteiger partial charge on any atom is 0.0443 e. The third-order valence-corrected chi connectivity index (χ3v) is 5.77. The number of benzene rings is 1. The van der Waals surface area contributed by atoms with Crippen LogP contribution in [0, 0.1) is 11.8 Å². The van der Waals surface area contributed by atoms with Crippen molar-refractivity contribution < 1.29 is 0 Å². The van der Waals surface area contributed by atoms with Gasteiger partial charge in [0.05, 0.1) is 0 Å². The molecular formula is C19H28ClN. The summed E-state index contributed by atoms with van der Waals surface area (Å²) in [4.78, 5) is 0. The van der Waals surface area contributed by atoms with Crippen LogP contribution in [0.2, 0.25) is 5.02 Å². The zero-order valence-electron chi connectivity index (χ0n) is 13.2. The number of nitrogens with one attached hydrogen (secondary N) is 1. The molecule has 1 aromatic carbocycles. The molecular weight excluding hydrogens is 278 g/mol. The maximum atomic E-state index is 6.60. The van der Waals surface area contributed by atoms with E-state index in [2.05, 4.69) is 30.4 Å². The summed E-state index contributed by atoms with van der Waals surface area (Å²) in [6, 6.07) is 6.88. The van der Waals surface area contributed by atoms with Crippen molar-refractivity contribution in [3.63, 3.8) is 0 Å². The minimum absolute atomic E-state index is 0.694. The molecule has 1 unspecified atom stereocenters. The van der Waals surface area contributed by atoms with Gasteiger partial charge in [-0.25, -0.2) is 0 Å². The molecule has 2 aliphatic rings. The first-order chi connectivity index (χ1) is 10.2. The lowest BCUT2D eigenvalue weighted by Crippen LogP contribution is -2.30. The number of halogens is 1. The largest absolute Gasteiger partial charge is 0.316 e. The highest BCUT2D eigenvalue weighted by atomic mass is 35.5. The van der Waals surface area contributed by atoms with Crippen LogP contribution in [0.3, 0.4) is 0 Å². The fraction of sp³-hybridized carbons (Fsp3) is 0.684.